The monoisotopic (exact) mass is 270 g/mol. The lowest BCUT2D eigenvalue weighted by Gasteiger charge is -1.98. The smallest absolute Gasteiger partial charge is 0.438 e. The summed E-state index contributed by atoms with van der Waals surface area (Å²) in [6, 6.07) is 7.81. The molecule has 1 rings (SSSR count). The highest BCUT2D eigenvalue weighted by Gasteiger charge is 1.95. The lowest BCUT2D eigenvalue weighted by Crippen LogP contribution is -2.03. The quantitative estimate of drug-likeness (QED) is 0.791. The van der Waals surface area contributed by atoms with Gasteiger partial charge in [-0.1, -0.05) is 34.1 Å². The zero-order valence-electron chi connectivity index (χ0n) is 8.27. The molecule has 0 heterocycles. The number of carbonyl (C=O) groups is 1. The van der Waals surface area contributed by atoms with Crippen LogP contribution in [0.5, 0.6) is 0 Å². The minimum absolute atomic E-state index is 0.208. The Kier molecular flexibility index (Phi) is 4.90. The minimum atomic E-state index is -0.672. The molecule has 0 amide bonds. The number of rotatable bonds is 3. The van der Waals surface area contributed by atoms with E-state index in [9.17, 15) is 4.79 Å². The molecule has 0 aromatic heterocycles. The van der Waals surface area contributed by atoms with Crippen molar-refractivity contribution in [1.29, 1.82) is 0 Å². The van der Waals surface area contributed by atoms with Gasteiger partial charge in [-0.2, -0.15) is 0 Å². The Morgan fingerprint density at radius 3 is 3.00 bits per heavy atom. The maximum absolute atomic E-state index is 10.6. The van der Waals surface area contributed by atoms with Crippen molar-refractivity contribution in [1.82, 2.24) is 0 Å². The molecule has 1 aromatic rings. The number of halogens is 1. The maximum atomic E-state index is 10.6. The van der Waals surface area contributed by atoms with E-state index in [0.717, 1.165) is 10.0 Å². The molecule has 15 heavy (non-hydrogen) atoms. The van der Waals surface area contributed by atoms with Crippen LogP contribution in [-0.4, -0.2) is 19.9 Å². The van der Waals surface area contributed by atoms with E-state index in [-0.39, 0.29) is 6.61 Å². The second kappa shape index (κ2) is 6.24. The van der Waals surface area contributed by atoms with Gasteiger partial charge in [-0.25, -0.2) is 4.79 Å². The van der Waals surface area contributed by atoms with Crippen LogP contribution in [0.1, 0.15) is 5.56 Å². The number of hydrogen-bond donors (Lipinski definition) is 0. The van der Waals surface area contributed by atoms with Crippen molar-refractivity contribution in [3.8, 4) is 0 Å². The van der Waals surface area contributed by atoms with Crippen molar-refractivity contribution in [3.05, 3.63) is 40.4 Å². The fourth-order valence-electron chi connectivity index (χ4n) is 0.970. The summed E-state index contributed by atoms with van der Waals surface area (Å²) in [5, 5.41) is 0. The van der Waals surface area contributed by atoms with E-state index in [1.807, 2.05) is 30.3 Å². The predicted octanol–water partition coefficient (Wildman–Crippen LogP) is 3.25. The van der Waals surface area contributed by atoms with E-state index in [2.05, 4.69) is 25.4 Å². The molecule has 0 aliphatic rings. The molecule has 0 radical (unpaired) electrons. The van der Waals surface area contributed by atoms with Crippen LogP contribution in [0.3, 0.4) is 0 Å². The van der Waals surface area contributed by atoms with Crippen LogP contribution in [0.4, 0.5) is 4.79 Å². The lowest BCUT2D eigenvalue weighted by molar-refractivity contribution is 0.0819. The topological polar surface area (TPSA) is 35.5 Å². The van der Waals surface area contributed by atoms with Gasteiger partial charge in [-0.3, -0.25) is 0 Å². The normalized spacial score (nSPS) is 10.3. The molecule has 0 unspecified atom stereocenters. The molecule has 0 N–H and O–H groups in total. The first kappa shape index (κ1) is 11.8. The SMILES string of the molecule is COC(=O)OCC=Cc1cccc(Br)c1. The molecule has 3 nitrogen and oxygen atoms in total. The van der Waals surface area contributed by atoms with Crippen LogP contribution in [0.2, 0.25) is 0 Å². The molecular formula is C11H11BrO3. The summed E-state index contributed by atoms with van der Waals surface area (Å²) in [6.07, 6.45) is 2.95. The van der Waals surface area contributed by atoms with Crippen molar-refractivity contribution >= 4 is 28.2 Å². The van der Waals surface area contributed by atoms with E-state index in [0.29, 0.717) is 0 Å². The van der Waals surface area contributed by atoms with Crippen LogP contribution < -0.4 is 0 Å². The zero-order valence-corrected chi connectivity index (χ0v) is 9.86. The molecule has 0 saturated carbocycles. The predicted molar refractivity (Wildman–Crippen MR) is 61.5 cm³/mol. The fraction of sp³-hybridized carbons (Fsp3) is 0.182. The first-order valence-corrected chi connectivity index (χ1v) is 5.14. The van der Waals surface area contributed by atoms with Crippen molar-refractivity contribution in [2.24, 2.45) is 0 Å². The summed E-state index contributed by atoms with van der Waals surface area (Å²) in [5.41, 5.74) is 1.04. The van der Waals surface area contributed by atoms with Gasteiger partial charge in [0.05, 0.1) is 7.11 Å². The molecule has 0 spiro atoms. The molecule has 0 aliphatic heterocycles. The molecular weight excluding hydrogens is 260 g/mol. The van der Waals surface area contributed by atoms with Gasteiger partial charge in [0.1, 0.15) is 6.61 Å². The van der Waals surface area contributed by atoms with Crippen molar-refractivity contribution in [3.63, 3.8) is 0 Å². The molecule has 0 fully saturated rings. The van der Waals surface area contributed by atoms with E-state index in [1.165, 1.54) is 7.11 Å². The van der Waals surface area contributed by atoms with Crippen LogP contribution in [0.25, 0.3) is 6.08 Å². The summed E-state index contributed by atoms with van der Waals surface area (Å²) in [6.45, 7) is 0.208. The Morgan fingerprint density at radius 2 is 2.33 bits per heavy atom. The number of methoxy groups -OCH3 is 1. The third-order valence-corrected chi connectivity index (χ3v) is 2.12. The average Bonchev–Trinajstić information content (AvgIpc) is 2.24. The highest BCUT2D eigenvalue weighted by Crippen LogP contribution is 2.12. The highest BCUT2D eigenvalue weighted by molar-refractivity contribution is 9.10. The fourth-order valence-corrected chi connectivity index (χ4v) is 1.39. The first-order chi connectivity index (χ1) is 7.22. The lowest BCUT2D eigenvalue weighted by atomic mass is 10.2. The summed E-state index contributed by atoms with van der Waals surface area (Å²) in [5.74, 6) is 0. The van der Waals surface area contributed by atoms with Gasteiger partial charge in [-0.05, 0) is 23.8 Å². The van der Waals surface area contributed by atoms with Crippen LogP contribution in [0.15, 0.2) is 34.8 Å². The van der Waals surface area contributed by atoms with Crippen molar-refractivity contribution in [2.75, 3.05) is 13.7 Å². The van der Waals surface area contributed by atoms with Crippen LogP contribution >= 0.6 is 15.9 Å². The Labute approximate surface area is 96.8 Å². The zero-order chi connectivity index (χ0) is 11.1. The first-order valence-electron chi connectivity index (χ1n) is 4.35. The molecule has 80 valence electrons. The average molecular weight is 271 g/mol. The second-order valence-electron chi connectivity index (χ2n) is 2.72. The third kappa shape index (κ3) is 4.65. The molecule has 0 aliphatic carbocycles. The van der Waals surface area contributed by atoms with E-state index >= 15 is 0 Å². The maximum Gasteiger partial charge on any atom is 0.508 e. The Bertz CT molecular complexity index is 361. The van der Waals surface area contributed by atoms with Crippen molar-refractivity contribution in [2.45, 2.75) is 0 Å². The summed E-state index contributed by atoms with van der Waals surface area (Å²) in [4.78, 5) is 10.6. The van der Waals surface area contributed by atoms with Gasteiger partial charge in [0.2, 0.25) is 0 Å². The van der Waals surface area contributed by atoms with E-state index < -0.39 is 6.16 Å². The van der Waals surface area contributed by atoms with Gasteiger partial charge < -0.3 is 9.47 Å². The Balaban J connectivity index is 2.41. The van der Waals surface area contributed by atoms with Gasteiger partial charge in [0.25, 0.3) is 0 Å². The number of hydrogen-bond acceptors (Lipinski definition) is 3. The number of benzene rings is 1. The second-order valence-corrected chi connectivity index (χ2v) is 3.64. The minimum Gasteiger partial charge on any atom is -0.438 e. The third-order valence-electron chi connectivity index (χ3n) is 1.62. The van der Waals surface area contributed by atoms with Gasteiger partial charge in [-0.15, -0.1) is 0 Å². The Morgan fingerprint density at radius 1 is 1.53 bits per heavy atom. The molecule has 1 aromatic carbocycles. The molecule has 0 saturated heterocycles. The van der Waals surface area contributed by atoms with Gasteiger partial charge in [0.15, 0.2) is 0 Å². The Hall–Kier alpha value is -1.29. The summed E-state index contributed by atoms with van der Waals surface area (Å²) < 4.78 is 10.0. The van der Waals surface area contributed by atoms with Crippen molar-refractivity contribution < 1.29 is 14.3 Å². The molecule has 0 bridgehead atoms. The highest BCUT2D eigenvalue weighted by atomic mass is 79.9. The van der Waals surface area contributed by atoms with E-state index in [1.54, 1.807) is 6.08 Å². The van der Waals surface area contributed by atoms with E-state index in [4.69, 9.17) is 0 Å². The standard InChI is InChI=1S/C11H11BrO3/c1-14-11(13)15-7-3-5-9-4-2-6-10(12)8-9/h2-6,8H,7H2,1H3. The largest absolute Gasteiger partial charge is 0.508 e. The van der Waals surface area contributed by atoms with Crippen LogP contribution in [-0.2, 0) is 9.47 Å². The van der Waals surface area contributed by atoms with Gasteiger partial charge in [0, 0.05) is 4.47 Å². The summed E-state index contributed by atoms with van der Waals surface area (Å²) >= 11 is 3.37. The number of carbonyl (C=O) groups excluding carboxylic acids is 1. The molecule has 0 atom stereocenters. The summed E-state index contributed by atoms with van der Waals surface area (Å²) in [7, 11) is 1.28. The van der Waals surface area contributed by atoms with Crippen LogP contribution in [0, 0.1) is 0 Å². The number of ether oxygens (including phenoxy) is 2. The molecule has 4 heteroatoms. The van der Waals surface area contributed by atoms with Gasteiger partial charge >= 0.3 is 6.16 Å².